The van der Waals surface area contributed by atoms with Crippen molar-refractivity contribution in [3.8, 4) is 0 Å². The number of esters is 1. The number of ether oxygens (including phenoxy) is 1. The van der Waals surface area contributed by atoms with Crippen LogP contribution in [0.5, 0.6) is 0 Å². The summed E-state index contributed by atoms with van der Waals surface area (Å²) < 4.78 is 4.56. The second kappa shape index (κ2) is 8.62. The zero-order valence-corrected chi connectivity index (χ0v) is 14.4. The Kier molecular flexibility index (Phi) is 6.53. The molecule has 1 aliphatic rings. The van der Waals surface area contributed by atoms with Crippen molar-refractivity contribution in [2.75, 3.05) is 7.11 Å². The van der Waals surface area contributed by atoms with Gasteiger partial charge in [-0.05, 0) is 49.8 Å². The molecule has 5 nitrogen and oxygen atoms in total. The zero-order chi connectivity index (χ0) is 17.5. The van der Waals surface area contributed by atoms with Crippen molar-refractivity contribution < 1.29 is 19.1 Å². The van der Waals surface area contributed by atoms with E-state index in [4.69, 9.17) is 0 Å². The number of rotatable bonds is 7. The maximum absolute atomic E-state index is 12.3. The van der Waals surface area contributed by atoms with Gasteiger partial charge in [-0.15, -0.1) is 0 Å². The molecule has 0 fully saturated rings. The normalized spacial score (nSPS) is 14.4. The number of carbonyl (C=O) groups is 3. The number of carbonyl (C=O) groups excluding carboxylic acids is 3. The number of Topliss-reactive ketones (excluding diaryl/α,β-unsaturated/α-hetero) is 1. The number of hydrogen-bond donors (Lipinski definition) is 1. The summed E-state index contributed by atoms with van der Waals surface area (Å²) in [6.07, 6.45) is 4.93. The minimum atomic E-state index is -0.368. The van der Waals surface area contributed by atoms with Crippen LogP contribution in [0, 0.1) is 0 Å². The van der Waals surface area contributed by atoms with Gasteiger partial charge in [-0.25, -0.2) is 0 Å². The Hall–Kier alpha value is -2.17. The van der Waals surface area contributed by atoms with Gasteiger partial charge in [0.25, 0.3) is 0 Å². The molecule has 2 rings (SSSR count). The summed E-state index contributed by atoms with van der Waals surface area (Å²) in [4.78, 5) is 35.3. The highest BCUT2D eigenvalue weighted by atomic mass is 16.5. The van der Waals surface area contributed by atoms with Crippen LogP contribution in [0.4, 0.5) is 0 Å². The second-order valence-electron chi connectivity index (χ2n) is 6.36. The molecule has 0 heterocycles. The Morgan fingerprint density at radius 2 is 1.83 bits per heavy atom. The van der Waals surface area contributed by atoms with Crippen LogP contribution < -0.4 is 5.32 Å². The molecule has 0 unspecified atom stereocenters. The minimum absolute atomic E-state index is 0.0147. The van der Waals surface area contributed by atoms with E-state index < -0.39 is 0 Å². The monoisotopic (exact) mass is 331 g/mol. The zero-order valence-electron chi connectivity index (χ0n) is 14.4. The first-order valence-electron chi connectivity index (χ1n) is 8.50. The van der Waals surface area contributed by atoms with Crippen molar-refractivity contribution >= 4 is 17.7 Å². The van der Waals surface area contributed by atoms with Crippen LogP contribution in [0.15, 0.2) is 18.2 Å². The molecule has 24 heavy (non-hydrogen) atoms. The number of methoxy groups -OCH3 is 1. The molecule has 0 bridgehead atoms. The third kappa shape index (κ3) is 5.18. The van der Waals surface area contributed by atoms with Crippen LogP contribution in [0.3, 0.4) is 0 Å². The molecule has 1 amide bonds. The first kappa shape index (κ1) is 18.2. The van der Waals surface area contributed by atoms with E-state index in [0.29, 0.717) is 5.56 Å². The van der Waals surface area contributed by atoms with Crippen LogP contribution in [-0.4, -0.2) is 30.8 Å². The molecular formula is C19H25NO4. The molecule has 0 spiro atoms. The molecular weight excluding hydrogens is 306 g/mol. The van der Waals surface area contributed by atoms with Crippen LogP contribution >= 0.6 is 0 Å². The highest BCUT2D eigenvalue weighted by Crippen LogP contribution is 2.22. The number of amides is 1. The second-order valence-corrected chi connectivity index (χ2v) is 6.36. The molecule has 0 saturated carbocycles. The van der Waals surface area contributed by atoms with Gasteiger partial charge in [-0.1, -0.05) is 12.1 Å². The molecule has 1 aliphatic carbocycles. The Morgan fingerprint density at radius 3 is 2.54 bits per heavy atom. The Morgan fingerprint density at radius 1 is 1.12 bits per heavy atom. The van der Waals surface area contributed by atoms with Gasteiger partial charge in [0.2, 0.25) is 5.91 Å². The number of ketones is 1. The number of nitrogens with one attached hydrogen (secondary N) is 1. The largest absolute Gasteiger partial charge is 0.469 e. The molecule has 0 radical (unpaired) electrons. The van der Waals surface area contributed by atoms with Gasteiger partial charge in [0.15, 0.2) is 5.78 Å². The maximum atomic E-state index is 12.3. The minimum Gasteiger partial charge on any atom is -0.469 e. The Balaban J connectivity index is 1.82. The fourth-order valence-corrected chi connectivity index (χ4v) is 3.01. The van der Waals surface area contributed by atoms with Crippen molar-refractivity contribution in [2.24, 2.45) is 0 Å². The van der Waals surface area contributed by atoms with Gasteiger partial charge in [0, 0.05) is 24.4 Å². The van der Waals surface area contributed by atoms with E-state index in [1.807, 2.05) is 18.2 Å². The quantitative estimate of drug-likeness (QED) is 0.616. The molecule has 0 saturated heterocycles. The predicted molar refractivity (Wildman–Crippen MR) is 90.9 cm³/mol. The van der Waals surface area contributed by atoms with Crippen molar-refractivity contribution in [1.29, 1.82) is 0 Å². The first-order valence-corrected chi connectivity index (χ1v) is 8.50. The highest BCUT2D eigenvalue weighted by Gasteiger charge is 2.16. The summed E-state index contributed by atoms with van der Waals surface area (Å²) in [5, 5.41) is 2.71. The van der Waals surface area contributed by atoms with Crippen molar-refractivity contribution in [1.82, 2.24) is 5.32 Å². The lowest BCUT2D eigenvalue weighted by molar-refractivity contribution is -0.141. The van der Waals surface area contributed by atoms with E-state index in [-0.39, 0.29) is 43.0 Å². The fraction of sp³-hybridized carbons (Fsp3) is 0.526. The third-order valence-corrected chi connectivity index (χ3v) is 4.36. The molecule has 1 N–H and O–H groups in total. The summed E-state index contributed by atoms with van der Waals surface area (Å²) in [5.74, 6) is -0.607. The molecule has 0 aliphatic heterocycles. The molecule has 0 aromatic heterocycles. The summed E-state index contributed by atoms with van der Waals surface area (Å²) in [5.41, 5.74) is 3.29. The molecule has 1 aromatic carbocycles. The van der Waals surface area contributed by atoms with Gasteiger partial charge in [0.05, 0.1) is 13.5 Å². The predicted octanol–water partition coefficient (Wildman–Crippen LogP) is 2.60. The summed E-state index contributed by atoms with van der Waals surface area (Å²) in [6, 6.07) is 5.59. The van der Waals surface area contributed by atoms with Crippen molar-refractivity contribution in [3.05, 3.63) is 34.9 Å². The number of aryl methyl sites for hydroxylation is 2. The average molecular weight is 331 g/mol. The molecule has 5 heteroatoms. The molecule has 130 valence electrons. The number of fused-ring (bicyclic) bond motifs is 1. The standard InChI is InChI=1S/C19H25NO4/c1-13(11-19(23)24-2)20-18(22)10-9-17(21)16-8-7-14-5-3-4-6-15(14)12-16/h7-8,12-13H,3-6,9-11H2,1-2H3,(H,20,22)/t13-/m0/s1. The lowest BCUT2D eigenvalue weighted by atomic mass is 9.89. The highest BCUT2D eigenvalue weighted by molar-refractivity contribution is 5.98. The van der Waals surface area contributed by atoms with Crippen LogP contribution in [-0.2, 0) is 27.2 Å². The fourth-order valence-electron chi connectivity index (χ4n) is 3.01. The number of hydrogen-bond acceptors (Lipinski definition) is 4. The van der Waals surface area contributed by atoms with Crippen molar-refractivity contribution in [3.63, 3.8) is 0 Å². The van der Waals surface area contributed by atoms with Gasteiger partial charge >= 0.3 is 5.97 Å². The Labute approximate surface area is 142 Å². The van der Waals surface area contributed by atoms with Crippen LogP contribution in [0.1, 0.15) is 60.5 Å². The van der Waals surface area contributed by atoms with E-state index in [1.165, 1.54) is 31.1 Å². The maximum Gasteiger partial charge on any atom is 0.307 e. The van der Waals surface area contributed by atoms with E-state index >= 15 is 0 Å². The van der Waals surface area contributed by atoms with E-state index in [9.17, 15) is 14.4 Å². The lowest BCUT2D eigenvalue weighted by Gasteiger charge is -2.16. The van der Waals surface area contributed by atoms with Gasteiger partial charge in [-0.2, -0.15) is 0 Å². The van der Waals surface area contributed by atoms with E-state index in [0.717, 1.165) is 12.8 Å². The van der Waals surface area contributed by atoms with Gasteiger partial charge in [-0.3, -0.25) is 14.4 Å². The molecule has 1 aromatic rings. The van der Waals surface area contributed by atoms with E-state index in [2.05, 4.69) is 10.1 Å². The third-order valence-electron chi connectivity index (χ3n) is 4.36. The van der Waals surface area contributed by atoms with Gasteiger partial charge in [0.1, 0.15) is 0 Å². The smallest absolute Gasteiger partial charge is 0.307 e. The summed E-state index contributed by atoms with van der Waals surface area (Å²) >= 11 is 0. The van der Waals surface area contributed by atoms with Crippen LogP contribution in [0.25, 0.3) is 0 Å². The Bertz CT molecular complexity index is 624. The molecule has 1 atom stereocenters. The first-order chi connectivity index (χ1) is 11.5. The summed E-state index contributed by atoms with van der Waals surface area (Å²) in [7, 11) is 1.31. The van der Waals surface area contributed by atoms with Gasteiger partial charge < -0.3 is 10.1 Å². The SMILES string of the molecule is COC(=O)C[C@H](C)NC(=O)CCC(=O)c1ccc2c(c1)CCCC2. The summed E-state index contributed by atoms with van der Waals surface area (Å²) in [6.45, 7) is 1.74. The average Bonchev–Trinajstić information content (AvgIpc) is 2.58. The topological polar surface area (TPSA) is 72.5 Å². The van der Waals surface area contributed by atoms with Crippen molar-refractivity contribution in [2.45, 2.75) is 57.9 Å². The lowest BCUT2D eigenvalue weighted by Crippen LogP contribution is -2.34. The van der Waals surface area contributed by atoms with Crippen LogP contribution in [0.2, 0.25) is 0 Å². The number of benzene rings is 1. The van der Waals surface area contributed by atoms with E-state index in [1.54, 1.807) is 6.92 Å².